The summed E-state index contributed by atoms with van der Waals surface area (Å²) in [7, 11) is 0. The fraction of sp³-hybridized carbons (Fsp3) is 0. The van der Waals surface area contributed by atoms with E-state index in [1.807, 2.05) is 0 Å². The largest absolute Gasteiger partial charge is 6.00 e. The molecule has 0 aliphatic rings. The van der Waals surface area contributed by atoms with Crippen molar-refractivity contribution < 1.29 is 48.4 Å². The van der Waals surface area contributed by atoms with Gasteiger partial charge in [0.2, 0.25) is 0 Å². The second-order valence-electron chi connectivity index (χ2n) is 0. The summed E-state index contributed by atoms with van der Waals surface area (Å²) in [5.74, 6) is 0. The molecule has 0 unspecified atom stereocenters. The van der Waals surface area contributed by atoms with Crippen molar-refractivity contribution in [2.24, 2.45) is 0 Å². The minimum Gasteiger partial charge on any atom is -0.628 e. The van der Waals surface area contributed by atoms with Crippen molar-refractivity contribution in [3.8, 4) is 0 Å². The normalized spacial score (nSPS) is 2.77. The van der Waals surface area contributed by atoms with Crippen molar-refractivity contribution in [1.29, 1.82) is 0 Å². The van der Waals surface area contributed by atoms with Crippen LogP contribution in [0.25, 0.3) is 0 Å². The van der Waals surface area contributed by atoms with Gasteiger partial charge in [-0.15, -0.1) is 0 Å². The van der Waals surface area contributed by atoms with E-state index >= 15 is 0 Å². The smallest absolute Gasteiger partial charge is 0.628 e. The van der Waals surface area contributed by atoms with E-state index in [1.165, 1.54) is 0 Å². The molecule has 0 saturated heterocycles. The second kappa shape index (κ2) is 411. The van der Waals surface area contributed by atoms with Gasteiger partial charge < -0.3 is 105 Å². The quantitative estimate of drug-likeness (QED) is 0.247. The van der Waals surface area contributed by atoms with Gasteiger partial charge in [-0.1, -0.05) is 0 Å². The van der Waals surface area contributed by atoms with Gasteiger partial charge in [0.1, 0.15) is 0 Å². The molecule has 0 spiro atoms. The third-order valence-electron chi connectivity index (χ3n) is 0. The second-order valence-corrected chi connectivity index (χ2v) is 0. The first-order valence-corrected chi connectivity index (χ1v) is 3.29. The Hall–Kier alpha value is 2.55. The first-order chi connectivity index (χ1) is 6.00. The summed E-state index contributed by atoms with van der Waals surface area (Å²) in [4.78, 5) is 0. The molecule has 6 nitrogen and oxygen atoms in total. The van der Waals surface area contributed by atoms with Gasteiger partial charge in [-0.3, -0.25) is 0 Å². The van der Waals surface area contributed by atoms with Gasteiger partial charge in [0.25, 0.3) is 0 Å². The van der Waals surface area contributed by atoms with Gasteiger partial charge in [-0.2, -0.15) is 0 Å². The van der Waals surface area contributed by atoms with Crippen LogP contribution in [-0.4, -0.2) is 27.3 Å². The zero-order chi connectivity index (χ0) is 12.0. The van der Waals surface area contributed by atoms with Crippen molar-refractivity contribution >= 4 is 77.5 Å². The van der Waals surface area contributed by atoms with Gasteiger partial charge in [0, 0.05) is 0 Å². The summed E-state index contributed by atoms with van der Waals surface area (Å²) in [5.41, 5.74) is 0. The van der Waals surface area contributed by atoms with E-state index in [0.29, 0.717) is 0 Å². The van der Waals surface area contributed by atoms with E-state index in [2.05, 4.69) is 77.5 Å². The molecule has 0 rings (SSSR count). The first-order valence-electron chi connectivity index (χ1n) is 1.10. The van der Waals surface area contributed by atoms with E-state index in [4.69, 9.17) is 27.3 Å². The molecule has 0 aromatic heterocycles. The SMILES string of the molecule is O[S-].O[S-].O[S-].O[S-].O[S-].O[S-].[Mo+6]. The van der Waals surface area contributed by atoms with E-state index < -0.39 is 0 Å². The molecule has 0 aliphatic carbocycles. The molecule has 0 aromatic carbocycles. The Morgan fingerprint density at radius 2 is 0.308 bits per heavy atom. The minimum atomic E-state index is 0. The molecule has 0 bridgehead atoms. The van der Waals surface area contributed by atoms with E-state index in [-0.39, 0.29) is 21.1 Å². The Bertz CT molecular complexity index is 17.1. The van der Waals surface area contributed by atoms with Crippen molar-refractivity contribution in [2.45, 2.75) is 0 Å². The Labute approximate surface area is 125 Å². The van der Waals surface area contributed by atoms with Crippen LogP contribution in [0.5, 0.6) is 0 Å². The summed E-state index contributed by atoms with van der Waals surface area (Å²) in [6.45, 7) is 0. The molecule has 0 aliphatic heterocycles. The Morgan fingerprint density at radius 3 is 0.308 bits per heavy atom. The van der Waals surface area contributed by atoms with Crippen LogP contribution in [0.4, 0.5) is 0 Å². The molecule has 13 heavy (non-hydrogen) atoms. The van der Waals surface area contributed by atoms with Crippen LogP contribution >= 0.6 is 0 Å². The summed E-state index contributed by atoms with van der Waals surface area (Å²) in [5, 5.41) is 0. The maximum absolute atomic E-state index is 6.58. The van der Waals surface area contributed by atoms with Crippen LogP contribution in [-0.2, 0) is 98.5 Å². The first kappa shape index (κ1) is 45.0. The maximum Gasteiger partial charge on any atom is 6.00 e. The van der Waals surface area contributed by atoms with Crippen LogP contribution in [0.2, 0.25) is 0 Å². The van der Waals surface area contributed by atoms with E-state index in [0.717, 1.165) is 0 Å². The Morgan fingerprint density at radius 1 is 0.308 bits per heavy atom. The van der Waals surface area contributed by atoms with Crippen molar-refractivity contribution in [1.82, 2.24) is 0 Å². The molecular formula is H6MoO6S6. The van der Waals surface area contributed by atoms with Crippen LogP contribution < -0.4 is 0 Å². The summed E-state index contributed by atoms with van der Waals surface area (Å²) in [6, 6.07) is 0. The van der Waals surface area contributed by atoms with Crippen LogP contribution in [0.1, 0.15) is 0 Å². The summed E-state index contributed by atoms with van der Waals surface area (Å²) >= 11 is 18.5. The van der Waals surface area contributed by atoms with Gasteiger partial charge >= 0.3 is 21.1 Å². The van der Waals surface area contributed by atoms with Gasteiger partial charge in [0.15, 0.2) is 0 Å². The van der Waals surface area contributed by atoms with Crippen LogP contribution in [0.3, 0.4) is 0 Å². The molecule has 0 atom stereocenters. The Balaban J connectivity index is -0.00000000655. The van der Waals surface area contributed by atoms with Crippen molar-refractivity contribution in [3.05, 3.63) is 0 Å². The van der Waals surface area contributed by atoms with Crippen LogP contribution in [0.15, 0.2) is 0 Å². The number of rotatable bonds is 0. The summed E-state index contributed by atoms with van der Waals surface area (Å²) in [6.07, 6.45) is 0. The Kier molecular flexibility index (Phi) is 1420. The third kappa shape index (κ3) is 353. The van der Waals surface area contributed by atoms with Gasteiger partial charge in [-0.05, 0) is 0 Å². The molecule has 84 valence electrons. The van der Waals surface area contributed by atoms with Gasteiger partial charge in [0.05, 0.1) is 0 Å². The van der Waals surface area contributed by atoms with Gasteiger partial charge in [-0.25, -0.2) is 0 Å². The zero-order valence-electron chi connectivity index (χ0n) is 5.54. The molecule has 13 heteroatoms. The minimum absolute atomic E-state index is 0. The molecule has 0 amide bonds. The topological polar surface area (TPSA) is 121 Å². The average Bonchev–Trinajstić information content (AvgIpc) is 2.33. The van der Waals surface area contributed by atoms with Crippen molar-refractivity contribution in [3.63, 3.8) is 0 Å². The number of hydrogen-bond donors (Lipinski definition) is 6. The fourth-order valence-corrected chi connectivity index (χ4v) is 0. The van der Waals surface area contributed by atoms with Crippen molar-refractivity contribution in [2.75, 3.05) is 0 Å². The average molecular weight is 390 g/mol. The number of hydrogen-bond acceptors (Lipinski definition) is 12. The van der Waals surface area contributed by atoms with Crippen LogP contribution in [0, 0.1) is 0 Å². The predicted octanol–water partition coefficient (Wildman–Crippen LogP) is 0.0353. The van der Waals surface area contributed by atoms with E-state index in [1.54, 1.807) is 0 Å². The molecule has 0 saturated carbocycles. The zero-order valence-corrected chi connectivity index (χ0v) is 12.4. The summed E-state index contributed by atoms with van der Waals surface area (Å²) < 4.78 is 39.5. The van der Waals surface area contributed by atoms with E-state index in [9.17, 15) is 0 Å². The standard InChI is InChI=1S/Mo.6H2OS/c;6*1-2/h;6*1-2H/q+6;;;;;;/p-6. The predicted molar refractivity (Wildman–Crippen MR) is 60.0 cm³/mol. The maximum atomic E-state index is 6.58. The fourth-order valence-electron chi connectivity index (χ4n) is 0. The molecule has 0 radical (unpaired) electrons. The third-order valence-corrected chi connectivity index (χ3v) is 0. The molecular weight excluding hydrogens is 384 g/mol. The molecule has 0 aromatic rings. The molecule has 6 N–H and O–H groups in total. The monoisotopic (exact) mass is 392 g/mol. The molecule has 0 fully saturated rings. The molecule has 0 heterocycles.